The first-order valence-corrected chi connectivity index (χ1v) is 32.9. The molecule has 6 rings (SSSR count). The van der Waals surface area contributed by atoms with Gasteiger partial charge >= 0.3 is 11.7 Å². The minimum absolute atomic E-state index is 0.0609. The van der Waals surface area contributed by atoms with Gasteiger partial charge in [-0.2, -0.15) is 4.57 Å². The summed E-state index contributed by atoms with van der Waals surface area (Å²) in [4.78, 5) is 69.7. The summed E-state index contributed by atoms with van der Waals surface area (Å²) >= 11 is 0. The zero-order valence-electron chi connectivity index (χ0n) is 50.6. The minimum atomic E-state index is -2.86. The van der Waals surface area contributed by atoms with Crippen LogP contribution >= 0.6 is 0 Å². The van der Waals surface area contributed by atoms with Gasteiger partial charge in [0, 0.05) is 24.2 Å². The van der Waals surface area contributed by atoms with Crippen molar-refractivity contribution < 1.29 is 47.2 Å². The molecule has 0 spiro atoms. The van der Waals surface area contributed by atoms with E-state index in [1.54, 1.807) is 26.4 Å². The summed E-state index contributed by atoms with van der Waals surface area (Å²) < 4.78 is 46.9. The van der Waals surface area contributed by atoms with E-state index >= 15 is 4.79 Å². The Morgan fingerprint density at radius 2 is 1.16 bits per heavy atom. The molecule has 446 valence electrons. The quantitative estimate of drug-likeness (QED) is 0.0166. The molecular weight excluding hydrogens is 1050 g/mol. The van der Waals surface area contributed by atoms with E-state index in [0.717, 1.165) is 46.6 Å². The number of nitrogens with zero attached hydrogens (tertiary/aromatic N) is 2. The molecule has 4 aromatic carbocycles. The fraction of sp³-hybridized carbons (Fsp3) is 0.537. The van der Waals surface area contributed by atoms with E-state index in [9.17, 15) is 19.2 Å². The third-order valence-electron chi connectivity index (χ3n) is 16.2. The largest absolute Gasteiger partial charge is 0.497 e. The number of hydrogen-bond donors (Lipinski definition) is 0. The molecular formula is C67H92N2O12Si. The van der Waals surface area contributed by atoms with Crippen LogP contribution in [-0.4, -0.2) is 80.9 Å². The summed E-state index contributed by atoms with van der Waals surface area (Å²) in [7, 11) is 0.332. The fourth-order valence-electron chi connectivity index (χ4n) is 10.4. The van der Waals surface area contributed by atoms with Crippen LogP contribution < -0.4 is 25.5 Å². The van der Waals surface area contributed by atoms with E-state index in [2.05, 4.69) is 27.7 Å². The normalized spacial score (nSPS) is 16.5. The molecule has 2 heterocycles. The Morgan fingerprint density at radius 3 is 1.67 bits per heavy atom. The molecule has 1 aliphatic heterocycles. The maximum absolute atomic E-state index is 15.1. The number of benzene rings is 4. The van der Waals surface area contributed by atoms with Crippen LogP contribution in [0, 0.1) is 6.92 Å². The second kappa shape index (κ2) is 31.5. The molecule has 14 nitrogen and oxygen atoms in total. The summed E-state index contributed by atoms with van der Waals surface area (Å²) in [6, 6.07) is 30.9. The Kier molecular flexibility index (Phi) is 25.0. The number of rotatable bonds is 34. The number of hydrogen-bond acceptors (Lipinski definition) is 12. The first-order chi connectivity index (χ1) is 39.3. The van der Waals surface area contributed by atoms with Crippen LogP contribution in [0.5, 0.6) is 17.2 Å². The predicted molar refractivity (Wildman–Crippen MR) is 325 cm³/mol. The maximum Gasteiger partial charge on any atom is 0.340 e. The van der Waals surface area contributed by atoms with Crippen molar-refractivity contribution in [3.05, 3.63) is 158 Å². The zero-order chi connectivity index (χ0) is 59.3. The van der Waals surface area contributed by atoms with Gasteiger partial charge in [-0.3, -0.25) is 19.0 Å². The highest BCUT2D eigenvalue weighted by Crippen LogP contribution is 2.46. The Hall–Kier alpha value is -6.13. The second-order valence-electron chi connectivity index (χ2n) is 23.6. The molecule has 1 aromatic heterocycles. The number of aromatic nitrogens is 2. The average molecular weight is 1150 g/mol. The number of Topliss-reactive ketones (excluding diaryl/α,β-unsaturated/α-hetero) is 1. The molecule has 0 amide bonds. The van der Waals surface area contributed by atoms with Crippen molar-refractivity contribution in [2.45, 2.75) is 205 Å². The minimum Gasteiger partial charge on any atom is -0.497 e. The Labute approximate surface area is 488 Å². The molecule has 82 heavy (non-hydrogen) atoms. The van der Waals surface area contributed by atoms with Crippen molar-refractivity contribution in [3.63, 3.8) is 0 Å². The van der Waals surface area contributed by atoms with Crippen molar-refractivity contribution in [1.29, 1.82) is 0 Å². The molecule has 0 saturated carbocycles. The van der Waals surface area contributed by atoms with Crippen LogP contribution in [0.1, 0.15) is 189 Å². The SMILES string of the molecule is CCCCCCCCCCCCCCCCCCOc1cc(C)cc(C(=O)n2c(=O)ccn([C@@H]3O[C@H](COC(c4ccccc4)(c4ccc(OC)cc4)c4ccc(OC)cc4)C(OC(=O)CCC(C)=O)[C@@H]3O[Si](C)(C)C(C)(C)C)c2=O)c1. The summed E-state index contributed by atoms with van der Waals surface area (Å²) in [6.07, 6.45) is 16.4. The van der Waals surface area contributed by atoms with Crippen molar-refractivity contribution in [1.82, 2.24) is 9.13 Å². The van der Waals surface area contributed by atoms with Crippen molar-refractivity contribution >= 4 is 26.0 Å². The summed E-state index contributed by atoms with van der Waals surface area (Å²) in [5.74, 6) is 0.0000274. The number of carbonyl (C=O) groups excluding carboxylic acids is 3. The Bertz CT molecular complexity index is 2860. The van der Waals surface area contributed by atoms with Gasteiger partial charge in [0.15, 0.2) is 20.6 Å². The molecule has 1 fully saturated rings. The van der Waals surface area contributed by atoms with Crippen LogP contribution in [-0.2, 0) is 33.8 Å². The molecule has 0 aliphatic carbocycles. The molecule has 0 bridgehead atoms. The monoisotopic (exact) mass is 1140 g/mol. The van der Waals surface area contributed by atoms with Gasteiger partial charge in [0.1, 0.15) is 40.8 Å². The standard InChI is InChI=1S/C67H92N2O12Si/c1-11-12-13-14-15-16-17-18-19-20-21-22-23-24-25-29-44-77-57-46-49(2)45-51(47-57)63(73)69-59(71)42-43-68(65(69)74)64-62(81-82(9,10)66(4,5)6)61(80-60(72)41-32-50(3)70)58(79-64)48-78-67(52-30-27-26-28-31-52,53-33-37-55(75-7)38-34-53)54-35-39-56(76-8)40-36-54/h26-28,30-31,33-40,42-43,45-47,58,61-62,64H,11-25,29,32,41,44,48H2,1-10H3/t58-,61?,62+,64-/m1/s1. The van der Waals surface area contributed by atoms with E-state index in [1.807, 2.05) is 105 Å². The van der Waals surface area contributed by atoms with Gasteiger partial charge in [-0.25, -0.2) is 4.79 Å². The molecule has 0 radical (unpaired) electrons. The van der Waals surface area contributed by atoms with Crippen molar-refractivity contribution in [2.24, 2.45) is 0 Å². The van der Waals surface area contributed by atoms with Gasteiger partial charge < -0.3 is 37.6 Å². The highest BCUT2D eigenvalue weighted by Gasteiger charge is 2.54. The van der Waals surface area contributed by atoms with E-state index < -0.39 is 66.6 Å². The van der Waals surface area contributed by atoms with Crippen LogP contribution in [0.3, 0.4) is 0 Å². The first-order valence-electron chi connectivity index (χ1n) is 30.0. The molecule has 1 aliphatic rings. The third-order valence-corrected chi connectivity index (χ3v) is 20.6. The number of aryl methyl sites for hydroxylation is 1. The van der Waals surface area contributed by atoms with Gasteiger partial charge in [-0.05, 0) is 103 Å². The fourth-order valence-corrected chi connectivity index (χ4v) is 11.7. The van der Waals surface area contributed by atoms with Crippen LogP contribution in [0.4, 0.5) is 0 Å². The number of unbranched alkanes of at least 4 members (excludes halogenated alkanes) is 15. The smallest absolute Gasteiger partial charge is 0.340 e. The van der Waals surface area contributed by atoms with E-state index in [4.69, 9.17) is 32.8 Å². The van der Waals surface area contributed by atoms with Crippen molar-refractivity contribution in [3.8, 4) is 17.2 Å². The lowest BCUT2D eigenvalue weighted by molar-refractivity contribution is -0.159. The number of carbonyl (C=O) groups is 3. The number of methoxy groups -OCH3 is 2. The van der Waals surface area contributed by atoms with E-state index in [-0.39, 0.29) is 30.8 Å². The zero-order valence-corrected chi connectivity index (χ0v) is 51.6. The highest BCUT2D eigenvalue weighted by atomic mass is 28.4. The molecule has 0 N–H and O–H groups in total. The van der Waals surface area contributed by atoms with E-state index in [1.165, 1.54) is 96.6 Å². The van der Waals surface area contributed by atoms with Gasteiger partial charge in [-0.1, -0.05) is 179 Å². The molecule has 5 aromatic rings. The maximum atomic E-state index is 15.1. The average Bonchev–Trinajstić information content (AvgIpc) is 2.67. The molecule has 1 unspecified atom stereocenters. The Balaban J connectivity index is 1.27. The predicted octanol–water partition coefficient (Wildman–Crippen LogP) is 14.2. The Morgan fingerprint density at radius 1 is 0.634 bits per heavy atom. The third kappa shape index (κ3) is 17.7. The van der Waals surface area contributed by atoms with Gasteiger partial charge in [0.2, 0.25) is 0 Å². The number of ether oxygens (including phenoxy) is 6. The van der Waals surface area contributed by atoms with E-state index in [0.29, 0.717) is 34.0 Å². The molecule has 1 saturated heterocycles. The molecule has 15 heteroatoms. The summed E-state index contributed by atoms with van der Waals surface area (Å²) in [5, 5.41) is -0.392. The summed E-state index contributed by atoms with van der Waals surface area (Å²) in [6.45, 7) is 15.9. The lowest BCUT2D eigenvalue weighted by Gasteiger charge is -2.40. The molecule has 4 atom stereocenters. The van der Waals surface area contributed by atoms with Gasteiger partial charge in [0.05, 0.1) is 33.9 Å². The number of esters is 1. The highest BCUT2D eigenvalue weighted by molar-refractivity contribution is 6.74. The van der Waals surface area contributed by atoms with Gasteiger partial charge in [-0.15, -0.1) is 0 Å². The number of ketones is 1. The first kappa shape index (κ1) is 65.0. The van der Waals surface area contributed by atoms with Crippen LogP contribution in [0.25, 0.3) is 0 Å². The van der Waals surface area contributed by atoms with Crippen LogP contribution in [0.15, 0.2) is 119 Å². The second-order valence-corrected chi connectivity index (χ2v) is 28.3. The van der Waals surface area contributed by atoms with Gasteiger partial charge in [0.25, 0.3) is 11.5 Å². The topological polar surface area (TPSA) is 160 Å². The lowest BCUT2D eigenvalue weighted by Crippen LogP contribution is -2.52. The lowest BCUT2D eigenvalue weighted by atomic mass is 9.80. The van der Waals surface area contributed by atoms with Crippen LogP contribution in [0.2, 0.25) is 18.1 Å². The van der Waals surface area contributed by atoms with Crippen molar-refractivity contribution in [2.75, 3.05) is 27.4 Å². The summed E-state index contributed by atoms with van der Waals surface area (Å²) in [5.41, 5.74) is -0.131.